The lowest BCUT2D eigenvalue weighted by Gasteiger charge is -2.04. The lowest BCUT2D eigenvalue weighted by Crippen LogP contribution is -2.13. The van der Waals surface area contributed by atoms with E-state index in [1.165, 1.54) is 17.0 Å². The molecule has 0 saturated carbocycles. The summed E-state index contributed by atoms with van der Waals surface area (Å²) in [5, 5.41) is 4.08. The van der Waals surface area contributed by atoms with E-state index in [0.29, 0.717) is 18.7 Å². The molecule has 0 aliphatic rings. The Morgan fingerprint density at radius 2 is 2.11 bits per heavy atom. The largest absolute Gasteiger partial charge is 0.306 e. The van der Waals surface area contributed by atoms with Gasteiger partial charge in [-0.1, -0.05) is 13.0 Å². The fraction of sp³-hybridized carbons (Fsp3) is 0.308. The third-order valence-corrected chi connectivity index (χ3v) is 3.70. The maximum absolute atomic E-state index is 13.3. The van der Waals surface area contributed by atoms with Gasteiger partial charge in [0.25, 0.3) is 0 Å². The van der Waals surface area contributed by atoms with E-state index in [0.717, 1.165) is 17.5 Å². The molecule has 1 aromatic carbocycles. The van der Waals surface area contributed by atoms with E-state index in [9.17, 15) is 8.78 Å². The van der Waals surface area contributed by atoms with Gasteiger partial charge in [-0.05, 0) is 12.5 Å². The van der Waals surface area contributed by atoms with Crippen molar-refractivity contribution >= 4 is 11.3 Å². The van der Waals surface area contributed by atoms with Crippen LogP contribution in [0, 0.1) is 11.6 Å². The van der Waals surface area contributed by atoms with Gasteiger partial charge in [0.15, 0.2) is 0 Å². The van der Waals surface area contributed by atoms with Gasteiger partial charge in [0.05, 0.1) is 0 Å². The van der Waals surface area contributed by atoms with Gasteiger partial charge in [0.2, 0.25) is 0 Å². The Hall–Kier alpha value is -1.33. The molecule has 1 heterocycles. The number of nitrogens with zero attached hydrogens (tertiary/aromatic N) is 1. The van der Waals surface area contributed by atoms with E-state index in [4.69, 9.17) is 0 Å². The van der Waals surface area contributed by atoms with Crippen LogP contribution >= 0.6 is 11.3 Å². The minimum atomic E-state index is -0.552. The van der Waals surface area contributed by atoms with Crippen LogP contribution in [0.5, 0.6) is 0 Å². The Kier molecular flexibility index (Phi) is 4.38. The molecule has 0 fully saturated rings. The molecule has 0 amide bonds. The number of nitrogens with one attached hydrogen (secondary N) is 1. The van der Waals surface area contributed by atoms with Crippen molar-refractivity contribution in [2.75, 3.05) is 0 Å². The second-order valence-corrected chi connectivity index (χ2v) is 5.11. The fourth-order valence-electron chi connectivity index (χ4n) is 1.56. The van der Waals surface area contributed by atoms with Crippen LogP contribution in [-0.4, -0.2) is 4.98 Å². The molecule has 0 saturated heterocycles. The van der Waals surface area contributed by atoms with Crippen molar-refractivity contribution in [2.45, 2.75) is 26.4 Å². The minimum absolute atomic E-state index is 0.368. The monoisotopic (exact) mass is 268 g/mol. The molecule has 0 radical (unpaired) electrons. The third kappa shape index (κ3) is 3.34. The second kappa shape index (κ2) is 6.02. The van der Waals surface area contributed by atoms with Crippen LogP contribution < -0.4 is 5.32 Å². The number of aryl methyl sites for hydroxylation is 1. The molecule has 5 heteroatoms. The maximum Gasteiger partial charge on any atom is 0.130 e. The van der Waals surface area contributed by atoms with Gasteiger partial charge in [0.1, 0.15) is 16.6 Å². The molecule has 0 spiro atoms. The zero-order valence-corrected chi connectivity index (χ0v) is 10.9. The summed E-state index contributed by atoms with van der Waals surface area (Å²) in [6.45, 7) is 3.05. The third-order valence-electron chi connectivity index (χ3n) is 2.56. The molecule has 0 aliphatic carbocycles. The first-order valence-corrected chi connectivity index (χ1v) is 6.59. The van der Waals surface area contributed by atoms with Crippen molar-refractivity contribution < 1.29 is 8.78 Å². The van der Waals surface area contributed by atoms with E-state index in [1.807, 2.05) is 6.20 Å². The SMILES string of the molecule is CCc1cnc(CNCc2ccc(F)cc2F)s1. The zero-order valence-electron chi connectivity index (χ0n) is 10.0. The summed E-state index contributed by atoms with van der Waals surface area (Å²) in [7, 11) is 0. The average molecular weight is 268 g/mol. The summed E-state index contributed by atoms with van der Waals surface area (Å²) >= 11 is 1.65. The van der Waals surface area contributed by atoms with E-state index in [-0.39, 0.29) is 0 Å². The fourth-order valence-corrected chi connectivity index (χ4v) is 2.39. The molecule has 0 aliphatic heterocycles. The zero-order chi connectivity index (χ0) is 13.0. The predicted molar refractivity (Wildman–Crippen MR) is 68.4 cm³/mol. The van der Waals surface area contributed by atoms with Crippen LogP contribution in [0.4, 0.5) is 8.78 Å². The molecule has 0 atom stereocenters. The molecule has 2 nitrogen and oxygen atoms in total. The number of benzene rings is 1. The summed E-state index contributed by atoms with van der Waals surface area (Å²) in [5.41, 5.74) is 0.462. The smallest absolute Gasteiger partial charge is 0.130 e. The number of hydrogen-bond donors (Lipinski definition) is 1. The van der Waals surface area contributed by atoms with Crippen molar-refractivity contribution in [3.8, 4) is 0 Å². The number of rotatable bonds is 5. The van der Waals surface area contributed by atoms with Crippen molar-refractivity contribution in [3.05, 3.63) is 51.5 Å². The number of thiazole rings is 1. The first-order valence-electron chi connectivity index (χ1n) is 5.77. The average Bonchev–Trinajstić information content (AvgIpc) is 2.80. The Morgan fingerprint density at radius 3 is 2.78 bits per heavy atom. The highest BCUT2D eigenvalue weighted by Gasteiger charge is 2.04. The van der Waals surface area contributed by atoms with Gasteiger partial charge < -0.3 is 5.32 Å². The standard InChI is InChI=1S/C13H14F2N2S/c1-2-11-7-17-13(18-11)8-16-6-9-3-4-10(14)5-12(9)15/h3-5,7,16H,2,6,8H2,1H3. The highest BCUT2D eigenvalue weighted by atomic mass is 32.1. The number of hydrogen-bond acceptors (Lipinski definition) is 3. The Morgan fingerprint density at radius 1 is 1.28 bits per heavy atom. The number of aromatic nitrogens is 1. The summed E-state index contributed by atoms with van der Waals surface area (Å²) in [6, 6.07) is 3.62. The van der Waals surface area contributed by atoms with E-state index in [2.05, 4.69) is 17.2 Å². The molecule has 96 valence electrons. The molecular formula is C13H14F2N2S. The van der Waals surface area contributed by atoms with Crippen LogP contribution in [-0.2, 0) is 19.5 Å². The predicted octanol–water partition coefficient (Wildman–Crippen LogP) is 3.27. The summed E-state index contributed by atoms with van der Waals surface area (Å²) in [6.07, 6.45) is 2.84. The van der Waals surface area contributed by atoms with Crippen LogP contribution in [0.1, 0.15) is 22.4 Å². The van der Waals surface area contributed by atoms with Gasteiger partial charge in [0, 0.05) is 35.8 Å². The van der Waals surface area contributed by atoms with Crippen molar-refractivity contribution in [1.82, 2.24) is 10.3 Å². The number of halogens is 2. The van der Waals surface area contributed by atoms with Gasteiger partial charge in [-0.3, -0.25) is 0 Å². The molecular weight excluding hydrogens is 254 g/mol. The minimum Gasteiger partial charge on any atom is -0.306 e. The van der Waals surface area contributed by atoms with Crippen LogP contribution in [0.3, 0.4) is 0 Å². The summed E-state index contributed by atoms with van der Waals surface area (Å²) < 4.78 is 26.0. The molecule has 2 rings (SSSR count). The lowest BCUT2D eigenvalue weighted by atomic mass is 10.2. The maximum atomic E-state index is 13.3. The highest BCUT2D eigenvalue weighted by Crippen LogP contribution is 2.14. The molecule has 1 N–H and O–H groups in total. The Labute approximate surface area is 109 Å². The molecule has 18 heavy (non-hydrogen) atoms. The summed E-state index contributed by atoms with van der Waals surface area (Å²) in [4.78, 5) is 5.49. The van der Waals surface area contributed by atoms with E-state index < -0.39 is 11.6 Å². The topological polar surface area (TPSA) is 24.9 Å². The molecule has 2 aromatic rings. The Bertz CT molecular complexity index is 525. The van der Waals surface area contributed by atoms with Gasteiger partial charge >= 0.3 is 0 Å². The first-order chi connectivity index (χ1) is 8.69. The summed E-state index contributed by atoms with van der Waals surface area (Å²) in [5.74, 6) is -1.07. The first kappa shape index (κ1) is 13.1. The normalized spacial score (nSPS) is 10.8. The lowest BCUT2D eigenvalue weighted by molar-refractivity contribution is 0.560. The van der Waals surface area contributed by atoms with Gasteiger partial charge in [-0.2, -0.15) is 0 Å². The van der Waals surface area contributed by atoms with Crippen LogP contribution in [0.15, 0.2) is 24.4 Å². The molecule has 0 unspecified atom stereocenters. The second-order valence-electron chi connectivity index (χ2n) is 3.91. The van der Waals surface area contributed by atoms with Crippen LogP contribution in [0.2, 0.25) is 0 Å². The quantitative estimate of drug-likeness (QED) is 0.900. The van der Waals surface area contributed by atoms with Gasteiger partial charge in [-0.25, -0.2) is 13.8 Å². The van der Waals surface area contributed by atoms with Crippen molar-refractivity contribution in [2.24, 2.45) is 0 Å². The van der Waals surface area contributed by atoms with Gasteiger partial charge in [-0.15, -0.1) is 11.3 Å². The van der Waals surface area contributed by atoms with Crippen molar-refractivity contribution in [1.29, 1.82) is 0 Å². The van der Waals surface area contributed by atoms with E-state index >= 15 is 0 Å². The van der Waals surface area contributed by atoms with Crippen molar-refractivity contribution in [3.63, 3.8) is 0 Å². The molecule has 0 bridgehead atoms. The Balaban J connectivity index is 1.88. The molecule has 1 aromatic heterocycles. The van der Waals surface area contributed by atoms with Crippen LogP contribution in [0.25, 0.3) is 0 Å². The van der Waals surface area contributed by atoms with E-state index in [1.54, 1.807) is 11.3 Å². The highest BCUT2D eigenvalue weighted by molar-refractivity contribution is 7.11.